The van der Waals surface area contributed by atoms with Crippen molar-refractivity contribution in [2.45, 2.75) is 68.2 Å². The molecule has 0 saturated heterocycles. The second kappa shape index (κ2) is 10.4. The first-order valence-corrected chi connectivity index (χ1v) is 10.1. The van der Waals surface area contributed by atoms with Crippen molar-refractivity contribution in [3.63, 3.8) is 0 Å². The summed E-state index contributed by atoms with van der Waals surface area (Å²) in [5.74, 6) is 1.64. The molecule has 1 heterocycles. The van der Waals surface area contributed by atoms with E-state index < -0.39 is 0 Å². The monoisotopic (exact) mass is 382 g/mol. The van der Waals surface area contributed by atoms with E-state index in [1.165, 1.54) is 11.9 Å². The Bertz CT molecular complexity index is 718. The number of amidine groups is 1. The second-order valence-corrected chi connectivity index (χ2v) is 9.53. The van der Waals surface area contributed by atoms with E-state index in [1.54, 1.807) is 17.3 Å². The van der Waals surface area contributed by atoms with Gasteiger partial charge in [0.2, 0.25) is 0 Å². The summed E-state index contributed by atoms with van der Waals surface area (Å²) in [5.41, 5.74) is 4.37. The van der Waals surface area contributed by atoms with E-state index >= 15 is 0 Å². The van der Waals surface area contributed by atoms with E-state index in [-0.39, 0.29) is 5.84 Å². The van der Waals surface area contributed by atoms with Gasteiger partial charge in [-0.3, -0.25) is 20.7 Å². The Morgan fingerprint density at radius 2 is 1.89 bits per heavy atom. The molecule has 1 unspecified atom stereocenters. The lowest BCUT2D eigenvalue weighted by Crippen LogP contribution is -2.32. The van der Waals surface area contributed by atoms with Crippen LogP contribution in [0, 0.1) is 28.1 Å². The van der Waals surface area contributed by atoms with Crippen molar-refractivity contribution in [3.8, 4) is 0 Å². The second-order valence-electron chi connectivity index (χ2n) is 9.53. The Balaban J connectivity index is 0.000000892. The highest BCUT2D eigenvalue weighted by Gasteiger charge is 2.26. The first-order chi connectivity index (χ1) is 13.0. The van der Waals surface area contributed by atoms with E-state index in [1.807, 2.05) is 12.1 Å². The molecule has 2 rings (SSSR count). The van der Waals surface area contributed by atoms with Crippen molar-refractivity contribution in [2.24, 2.45) is 17.3 Å². The van der Waals surface area contributed by atoms with E-state index in [0.29, 0.717) is 16.9 Å². The lowest BCUT2D eigenvalue weighted by Gasteiger charge is -2.33. The maximum Gasteiger partial charge on any atom is 0.139 e. The fourth-order valence-electron chi connectivity index (χ4n) is 3.51. The number of nitrogens with zero attached hydrogens (tertiary/aromatic N) is 2. The highest BCUT2D eigenvalue weighted by Crippen LogP contribution is 2.36. The minimum Gasteiger partial charge on any atom is -0.291 e. The van der Waals surface area contributed by atoms with Gasteiger partial charge in [-0.1, -0.05) is 47.6 Å². The Morgan fingerprint density at radius 3 is 2.32 bits per heavy atom. The Kier molecular flexibility index (Phi) is 8.80. The molecule has 0 aliphatic heterocycles. The van der Waals surface area contributed by atoms with Crippen molar-refractivity contribution in [1.82, 2.24) is 9.88 Å². The van der Waals surface area contributed by atoms with Crippen molar-refractivity contribution in [3.05, 3.63) is 53.0 Å². The Hall–Kier alpha value is -2.23. The molecule has 4 heteroatoms. The summed E-state index contributed by atoms with van der Waals surface area (Å²) in [6.07, 6.45) is 9.02. The molecule has 1 aromatic rings. The highest BCUT2D eigenvalue weighted by molar-refractivity contribution is 6.03. The average Bonchev–Trinajstić information content (AvgIpc) is 2.56. The van der Waals surface area contributed by atoms with Crippen LogP contribution in [-0.2, 0) is 0 Å². The third-order valence-corrected chi connectivity index (χ3v) is 4.25. The fraction of sp³-hybridized carbons (Fsp3) is 0.542. The van der Waals surface area contributed by atoms with Gasteiger partial charge in [-0.2, -0.15) is 0 Å². The SMILES string of the molecule is CC(C)C.CC1=CC(CC(C)(C)C)CC(C)=C1N(C=N)C(=N)c1cccnc1. The minimum absolute atomic E-state index is 0.287. The van der Waals surface area contributed by atoms with Gasteiger partial charge in [0, 0.05) is 18.0 Å². The van der Waals surface area contributed by atoms with Gasteiger partial charge >= 0.3 is 0 Å². The average molecular weight is 383 g/mol. The molecule has 0 amide bonds. The molecule has 1 atom stereocenters. The summed E-state index contributed by atoms with van der Waals surface area (Å²) < 4.78 is 0. The van der Waals surface area contributed by atoms with Crippen molar-refractivity contribution >= 4 is 12.2 Å². The summed E-state index contributed by atoms with van der Waals surface area (Å²) in [6.45, 7) is 17.5. The maximum absolute atomic E-state index is 8.47. The zero-order chi connectivity index (χ0) is 21.5. The zero-order valence-electron chi connectivity index (χ0n) is 18.9. The molecular weight excluding hydrogens is 344 g/mol. The first kappa shape index (κ1) is 23.8. The number of rotatable bonds is 4. The molecule has 0 saturated carbocycles. The van der Waals surface area contributed by atoms with Crippen LogP contribution in [0.15, 0.2) is 47.4 Å². The van der Waals surface area contributed by atoms with Crippen LogP contribution in [0.1, 0.15) is 73.8 Å². The maximum atomic E-state index is 8.47. The van der Waals surface area contributed by atoms with Crippen LogP contribution in [0.5, 0.6) is 0 Å². The molecule has 28 heavy (non-hydrogen) atoms. The minimum atomic E-state index is 0.287. The third kappa shape index (κ3) is 7.41. The molecule has 1 aliphatic carbocycles. The van der Waals surface area contributed by atoms with E-state index in [9.17, 15) is 0 Å². The molecule has 0 radical (unpaired) electrons. The Morgan fingerprint density at radius 1 is 1.29 bits per heavy atom. The first-order valence-electron chi connectivity index (χ1n) is 10.1. The van der Waals surface area contributed by atoms with Crippen LogP contribution in [0.25, 0.3) is 0 Å². The predicted molar refractivity (Wildman–Crippen MR) is 121 cm³/mol. The van der Waals surface area contributed by atoms with Crippen LogP contribution in [-0.4, -0.2) is 22.1 Å². The quantitative estimate of drug-likeness (QED) is 0.452. The van der Waals surface area contributed by atoms with E-state index in [2.05, 4.69) is 66.4 Å². The van der Waals surface area contributed by atoms with Gasteiger partial charge in [0.05, 0.1) is 12.0 Å². The molecule has 4 nitrogen and oxygen atoms in total. The lowest BCUT2D eigenvalue weighted by molar-refractivity contribution is 0.321. The van der Waals surface area contributed by atoms with Crippen LogP contribution >= 0.6 is 0 Å². The van der Waals surface area contributed by atoms with Crippen molar-refractivity contribution in [2.75, 3.05) is 0 Å². The molecule has 1 aliphatic rings. The predicted octanol–water partition coefficient (Wildman–Crippen LogP) is 6.65. The van der Waals surface area contributed by atoms with E-state index in [0.717, 1.165) is 30.0 Å². The van der Waals surface area contributed by atoms with Gasteiger partial charge in [0.15, 0.2) is 0 Å². The zero-order valence-corrected chi connectivity index (χ0v) is 18.9. The number of aromatic nitrogens is 1. The molecule has 0 fully saturated rings. The normalized spacial score (nSPS) is 16.9. The summed E-state index contributed by atoms with van der Waals surface area (Å²) in [6, 6.07) is 3.67. The standard InChI is InChI=1S/C20H28N4.C4H10/c1-14-9-16(11-20(3,4)5)10-15(2)18(14)24(13-21)19(22)17-7-6-8-23-12-17;1-4(2)3/h6-9,12-13,16,21-22H,10-11H2,1-5H3;4H,1-3H3. The molecular formula is C24H38N4. The molecule has 1 aromatic heterocycles. The van der Waals surface area contributed by atoms with Gasteiger partial charge in [0.1, 0.15) is 5.84 Å². The van der Waals surface area contributed by atoms with Gasteiger partial charge in [-0.05, 0) is 67.2 Å². The summed E-state index contributed by atoms with van der Waals surface area (Å²) in [5, 5.41) is 16.3. The van der Waals surface area contributed by atoms with Gasteiger partial charge in [-0.15, -0.1) is 0 Å². The van der Waals surface area contributed by atoms with Gasteiger partial charge in [-0.25, -0.2) is 0 Å². The van der Waals surface area contributed by atoms with Crippen LogP contribution in [0.2, 0.25) is 0 Å². The molecule has 0 spiro atoms. The van der Waals surface area contributed by atoms with Gasteiger partial charge in [0.25, 0.3) is 0 Å². The Labute approximate surface area is 171 Å². The van der Waals surface area contributed by atoms with Crippen LogP contribution in [0.4, 0.5) is 0 Å². The molecule has 2 N–H and O–H groups in total. The molecule has 0 aromatic carbocycles. The van der Waals surface area contributed by atoms with Crippen LogP contribution in [0.3, 0.4) is 0 Å². The summed E-state index contributed by atoms with van der Waals surface area (Å²) in [4.78, 5) is 5.74. The van der Waals surface area contributed by atoms with Crippen LogP contribution < -0.4 is 0 Å². The highest BCUT2D eigenvalue weighted by atomic mass is 15.2. The number of nitrogens with one attached hydrogen (secondary N) is 2. The van der Waals surface area contributed by atoms with Crippen molar-refractivity contribution in [1.29, 1.82) is 10.8 Å². The molecule has 154 valence electrons. The fourth-order valence-corrected chi connectivity index (χ4v) is 3.51. The number of allylic oxidation sites excluding steroid dienone is 3. The van der Waals surface area contributed by atoms with E-state index in [4.69, 9.17) is 10.8 Å². The van der Waals surface area contributed by atoms with Crippen molar-refractivity contribution < 1.29 is 0 Å². The summed E-state index contributed by atoms with van der Waals surface area (Å²) >= 11 is 0. The topological polar surface area (TPSA) is 63.8 Å². The lowest BCUT2D eigenvalue weighted by atomic mass is 9.78. The number of hydrogen-bond donors (Lipinski definition) is 2. The molecule has 0 bridgehead atoms. The third-order valence-electron chi connectivity index (χ3n) is 4.25. The van der Waals surface area contributed by atoms with Gasteiger partial charge < -0.3 is 0 Å². The number of hydrogen-bond acceptors (Lipinski definition) is 3. The summed E-state index contributed by atoms with van der Waals surface area (Å²) in [7, 11) is 0. The number of pyridine rings is 1. The smallest absolute Gasteiger partial charge is 0.139 e. The largest absolute Gasteiger partial charge is 0.291 e.